The van der Waals surface area contributed by atoms with Gasteiger partial charge in [0.1, 0.15) is 10.6 Å². The lowest BCUT2D eigenvalue weighted by molar-refractivity contribution is -0.348. The molecule has 2 unspecified atom stereocenters. The number of carbonyl (C=O) groups excluding carboxylic acids is 1. The van der Waals surface area contributed by atoms with Gasteiger partial charge in [-0.05, 0) is 80.7 Å². The maximum Gasteiger partial charge on any atom is 0.435 e. The molecule has 0 bridgehead atoms. The van der Waals surface area contributed by atoms with Crippen LogP contribution in [0, 0.1) is 24.6 Å². The number of carboxylic acid groups (broad SMARTS) is 1. The van der Waals surface area contributed by atoms with Gasteiger partial charge in [-0.15, -0.1) is 0 Å². The molecule has 1 saturated carbocycles. The van der Waals surface area contributed by atoms with Crippen LogP contribution in [0.25, 0.3) is 0 Å². The van der Waals surface area contributed by atoms with Crippen molar-refractivity contribution < 1.29 is 58.2 Å². The number of carbonyl (C=O) groups is 2. The number of amides is 1. The highest BCUT2D eigenvalue weighted by Crippen LogP contribution is 2.57. The molecule has 1 saturated heterocycles. The van der Waals surface area contributed by atoms with Crippen molar-refractivity contribution in [2.45, 2.75) is 85.6 Å². The molecule has 15 heteroatoms. The number of hydrogen-bond donors (Lipinski definition) is 1. The first-order valence-corrected chi connectivity index (χ1v) is 15.8. The van der Waals surface area contributed by atoms with Gasteiger partial charge < -0.3 is 10.0 Å². The molecule has 45 heavy (non-hydrogen) atoms. The Balaban J connectivity index is 1.64. The van der Waals surface area contributed by atoms with Crippen LogP contribution in [0.1, 0.15) is 60.8 Å². The Morgan fingerprint density at radius 1 is 0.889 bits per heavy atom. The third-order valence-corrected chi connectivity index (χ3v) is 12.2. The monoisotopic (exact) mass is 667 g/mol. The summed E-state index contributed by atoms with van der Waals surface area (Å²) in [6, 6.07) is 3.40. The molecule has 1 aliphatic heterocycles. The number of alkyl halides is 7. The Morgan fingerprint density at radius 2 is 1.49 bits per heavy atom. The number of fused-ring (bicyclic) bond motifs is 3. The number of halogens is 8. The van der Waals surface area contributed by atoms with Crippen LogP contribution in [0.4, 0.5) is 35.1 Å². The minimum atomic E-state index is -6.38. The average molecular weight is 668 g/mol. The maximum absolute atomic E-state index is 15.0. The van der Waals surface area contributed by atoms with E-state index in [9.17, 15) is 53.8 Å². The van der Waals surface area contributed by atoms with Gasteiger partial charge in [0.2, 0.25) is 5.91 Å². The summed E-state index contributed by atoms with van der Waals surface area (Å²) in [7, 11) is -4.69. The van der Waals surface area contributed by atoms with Crippen LogP contribution in [-0.2, 0) is 36.3 Å². The number of carboxylic acids is 1. The molecular weight excluding hydrogens is 638 g/mol. The summed E-state index contributed by atoms with van der Waals surface area (Å²) >= 11 is 0. The first-order chi connectivity index (χ1) is 20.8. The average Bonchev–Trinajstić information content (AvgIpc) is 3.38. The third-order valence-electron chi connectivity index (χ3n) is 9.71. The van der Waals surface area contributed by atoms with Crippen molar-refractivity contribution in [1.82, 2.24) is 4.90 Å². The molecule has 2 fully saturated rings. The summed E-state index contributed by atoms with van der Waals surface area (Å²) in [4.78, 5) is 26.0. The van der Waals surface area contributed by atoms with Gasteiger partial charge in [0.25, 0.3) is 0 Å². The van der Waals surface area contributed by atoms with E-state index in [2.05, 4.69) is 0 Å². The first-order valence-electron chi connectivity index (χ1n) is 14.3. The number of sulfone groups is 1. The van der Waals surface area contributed by atoms with Gasteiger partial charge in [-0.1, -0.05) is 24.3 Å². The lowest BCUT2D eigenvalue weighted by Crippen LogP contribution is -2.54. The Hall–Kier alpha value is -3.23. The van der Waals surface area contributed by atoms with E-state index < -0.39 is 78.6 Å². The van der Waals surface area contributed by atoms with Crippen molar-refractivity contribution >= 4 is 21.7 Å². The fourth-order valence-electron chi connectivity index (χ4n) is 7.27. The fourth-order valence-corrected chi connectivity index (χ4v) is 9.65. The number of hydrogen-bond acceptors (Lipinski definition) is 4. The van der Waals surface area contributed by atoms with Crippen LogP contribution in [0.2, 0.25) is 0 Å². The van der Waals surface area contributed by atoms with Crippen LogP contribution in [0.3, 0.4) is 0 Å². The van der Waals surface area contributed by atoms with Gasteiger partial charge in [0.05, 0.1) is 16.9 Å². The molecule has 0 spiro atoms. The zero-order chi connectivity index (χ0) is 33.3. The second-order valence-electron chi connectivity index (χ2n) is 12.1. The highest BCUT2D eigenvalue weighted by Gasteiger charge is 2.74. The van der Waals surface area contributed by atoms with Crippen LogP contribution in [0.5, 0.6) is 0 Å². The van der Waals surface area contributed by atoms with Crippen LogP contribution < -0.4 is 0 Å². The molecule has 1 amide bonds. The topological polar surface area (TPSA) is 91.8 Å². The van der Waals surface area contributed by atoms with Crippen molar-refractivity contribution in [2.75, 3.05) is 6.54 Å². The summed E-state index contributed by atoms with van der Waals surface area (Å²) in [5.74, 6) is -3.54. The highest BCUT2D eigenvalue weighted by atomic mass is 32.2. The van der Waals surface area contributed by atoms with E-state index in [1.807, 2.05) is 0 Å². The summed E-state index contributed by atoms with van der Waals surface area (Å²) in [6.07, 6.45) is -12.6. The van der Waals surface area contributed by atoms with Crippen molar-refractivity contribution in [3.05, 3.63) is 64.5 Å². The van der Waals surface area contributed by atoms with Gasteiger partial charge in [0.15, 0.2) is 9.84 Å². The summed E-state index contributed by atoms with van der Waals surface area (Å²) in [5, 5.41) is 9.31. The van der Waals surface area contributed by atoms with E-state index in [1.165, 1.54) is 17.9 Å². The summed E-state index contributed by atoms with van der Waals surface area (Å²) in [5.41, 5.74) is -7.80. The minimum Gasteiger partial charge on any atom is -0.481 e. The lowest BCUT2D eigenvalue weighted by atomic mass is 9.76. The van der Waals surface area contributed by atoms with E-state index in [4.69, 9.17) is 0 Å². The molecule has 2 aliphatic carbocycles. The Labute approximate surface area is 253 Å². The van der Waals surface area contributed by atoms with E-state index in [0.717, 1.165) is 18.2 Å². The quantitative estimate of drug-likeness (QED) is 0.367. The smallest absolute Gasteiger partial charge is 0.435 e. The van der Waals surface area contributed by atoms with Crippen molar-refractivity contribution in [3.63, 3.8) is 0 Å². The molecule has 2 aromatic carbocycles. The minimum absolute atomic E-state index is 0.121. The van der Waals surface area contributed by atoms with Gasteiger partial charge in [0, 0.05) is 18.0 Å². The number of rotatable bonds is 5. The SMILES string of the molecule is Cc1ccc(S(=O)(=O)C23CCN(C(=O)[C@H]4CC[C@H](C(=O)O)CC4)C2CCc2cc(C(F)(C(F)(F)F)C(F)(F)F)ccc23)cc1F. The number of aliphatic carboxylic acids is 1. The molecule has 2 aromatic rings. The Kier molecular flexibility index (Phi) is 8.06. The molecule has 5 rings (SSSR count). The maximum atomic E-state index is 15.0. The highest BCUT2D eigenvalue weighted by molar-refractivity contribution is 7.92. The standard InChI is InChI=1S/C30H29F8NO5S/c1-16-2-9-21(15-23(16)31)45(43,44)27-12-13-39(25(40)17-3-5-18(6-4-17)26(41)42)24(27)11-7-19-14-20(8-10-22(19)27)28(32,29(33,34)35)30(36,37)38/h2,8-10,14-15,17-18,24H,3-7,11-13H2,1H3,(H,41,42)/t17-,18-,24?,27?. The van der Waals surface area contributed by atoms with E-state index in [0.29, 0.717) is 6.07 Å². The second kappa shape index (κ2) is 10.9. The molecule has 1 N–H and O–H groups in total. The number of benzene rings is 2. The van der Waals surface area contributed by atoms with Crippen LogP contribution in [-0.4, -0.2) is 55.2 Å². The van der Waals surface area contributed by atoms with E-state index in [1.54, 1.807) is 0 Å². The number of likely N-dealkylation sites (tertiary alicyclic amines) is 1. The van der Waals surface area contributed by atoms with Crippen molar-refractivity contribution in [3.8, 4) is 0 Å². The second-order valence-corrected chi connectivity index (χ2v) is 14.3. The molecule has 3 aliphatic rings. The summed E-state index contributed by atoms with van der Waals surface area (Å²) < 4.78 is 138. The van der Waals surface area contributed by atoms with Gasteiger partial charge in [-0.3, -0.25) is 9.59 Å². The molecular formula is C30H29F8NO5S. The molecule has 1 heterocycles. The largest absolute Gasteiger partial charge is 0.481 e. The molecule has 0 aromatic heterocycles. The molecule has 6 nitrogen and oxygen atoms in total. The Morgan fingerprint density at radius 3 is 2.04 bits per heavy atom. The van der Waals surface area contributed by atoms with Crippen molar-refractivity contribution in [2.24, 2.45) is 11.8 Å². The molecule has 246 valence electrons. The van der Waals surface area contributed by atoms with Crippen LogP contribution >= 0.6 is 0 Å². The van der Waals surface area contributed by atoms with Gasteiger partial charge in [-0.25, -0.2) is 17.2 Å². The number of nitrogens with zero attached hydrogens (tertiary/aromatic N) is 1. The first kappa shape index (κ1) is 33.1. The predicted octanol–water partition coefficient (Wildman–Crippen LogP) is 6.53. The molecule has 0 radical (unpaired) electrons. The molecule has 2 atom stereocenters. The number of aryl methyl sites for hydroxylation is 2. The normalized spacial score (nSPS) is 25.9. The fraction of sp³-hybridized carbons (Fsp3) is 0.533. The van der Waals surface area contributed by atoms with Crippen molar-refractivity contribution in [1.29, 1.82) is 0 Å². The third kappa shape index (κ3) is 4.99. The Bertz CT molecular complexity index is 1620. The van der Waals surface area contributed by atoms with E-state index >= 15 is 4.39 Å². The summed E-state index contributed by atoms with van der Waals surface area (Å²) in [6.45, 7) is 1.25. The van der Waals surface area contributed by atoms with E-state index in [-0.39, 0.29) is 74.2 Å². The zero-order valence-electron chi connectivity index (χ0n) is 23.8. The predicted molar refractivity (Wildman–Crippen MR) is 143 cm³/mol. The van der Waals surface area contributed by atoms with Crippen LogP contribution in [0.15, 0.2) is 41.3 Å². The van der Waals surface area contributed by atoms with Gasteiger partial charge >= 0.3 is 24.0 Å². The lowest BCUT2D eigenvalue weighted by Gasteiger charge is -2.44. The zero-order valence-corrected chi connectivity index (χ0v) is 24.6. The van der Waals surface area contributed by atoms with Gasteiger partial charge in [-0.2, -0.15) is 26.3 Å².